The topological polar surface area (TPSA) is 30.5 Å². The van der Waals surface area contributed by atoms with Gasteiger partial charge in [-0.15, -0.1) is 0 Å². The lowest BCUT2D eigenvalue weighted by Gasteiger charge is -2.20. The zero-order valence-corrected chi connectivity index (χ0v) is 11.3. The normalized spacial score (nSPS) is 20.9. The van der Waals surface area contributed by atoms with Gasteiger partial charge in [0.2, 0.25) is 0 Å². The Hall–Kier alpha value is -1.06. The maximum atomic E-state index is 5.68. The molecular formula is C15H23NO2. The summed E-state index contributed by atoms with van der Waals surface area (Å²) in [5.74, 6) is 0.962. The Morgan fingerprint density at radius 3 is 2.94 bits per heavy atom. The minimum atomic E-state index is 0.338. The van der Waals surface area contributed by atoms with Gasteiger partial charge in [0.25, 0.3) is 0 Å². The first-order chi connectivity index (χ1) is 8.85. The Balaban J connectivity index is 1.98. The van der Waals surface area contributed by atoms with Gasteiger partial charge in [0.15, 0.2) is 0 Å². The zero-order chi connectivity index (χ0) is 12.8. The fourth-order valence-electron chi connectivity index (χ4n) is 2.63. The van der Waals surface area contributed by atoms with E-state index < -0.39 is 0 Å². The first-order valence-electron chi connectivity index (χ1n) is 6.77. The molecule has 2 unspecified atom stereocenters. The van der Waals surface area contributed by atoms with Crippen LogP contribution in [0.2, 0.25) is 0 Å². The average molecular weight is 249 g/mol. The highest BCUT2D eigenvalue weighted by Crippen LogP contribution is 2.29. The largest absolute Gasteiger partial charge is 0.496 e. The van der Waals surface area contributed by atoms with E-state index in [4.69, 9.17) is 9.47 Å². The van der Waals surface area contributed by atoms with E-state index in [0.717, 1.165) is 25.2 Å². The van der Waals surface area contributed by atoms with Gasteiger partial charge in [0, 0.05) is 18.2 Å². The molecule has 1 saturated heterocycles. The van der Waals surface area contributed by atoms with Crippen LogP contribution in [0.5, 0.6) is 5.75 Å². The number of hydrogen-bond acceptors (Lipinski definition) is 3. The molecular weight excluding hydrogens is 226 g/mol. The van der Waals surface area contributed by atoms with Crippen LogP contribution in [0.3, 0.4) is 0 Å². The molecule has 1 aromatic rings. The van der Waals surface area contributed by atoms with Gasteiger partial charge in [0.05, 0.1) is 13.2 Å². The molecule has 0 bridgehead atoms. The SMILES string of the molecule is CNC(CCC1CCCO1)c1ccccc1OC. The molecule has 0 aliphatic carbocycles. The third kappa shape index (κ3) is 3.24. The molecule has 0 aromatic heterocycles. The summed E-state index contributed by atoms with van der Waals surface area (Å²) in [5, 5.41) is 3.38. The molecule has 1 aliphatic rings. The monoisotopic (exact) mass is 249 g/mol. The third-order valence-electron chi connectivity index (χ3n) is 3.66. The number of benzene rings is 1. The molecule has 18 heavy (non-hydrogen) atoms. The van der Waals surface area contributed by atoms with Crippen molar-refractivity contribution in [3.05, 3.63) is 29.8 Å². The zero-order valence-electron chi connectivity index (χ0n) is 11.3. The standard InChI is InChI=1S/C15H23NO2/c1-16-14(10-9-12-6-5-11-18-12)13-7-3-4-8-15(13)17-2/h3-4,7-8,12,14,16H,5-6,9-11H2,1-2H3. The maximum Gasteiger partial charge on any atom is 0.123 e. The fourth-order valence-corrected chi connectivity index (χ4v) is 2.63. The number of methoxy groups -OCH3 is 1. The van der Waals surface area contributed by atoms with Crippen LogP contribution in [-0.2, 0) is 4.74 Å². The number of ether oxygens (including phenoxy) is 2. The van der Waals surface area contributed by atoms with Crippen molar-refractivity contribution in [2.75, 3.05) is 20.8 Å². The van der Waals surface area contributed by atoms with E-state index in [1.54, 1.807) is 7.11 Å². The summed E-state index contributed by atoms with van der Waals surface area (Å²) in [6.45, 7) is 0.934. The van der Waals surface area contributed by atoms with Crippen molar-refractivity contribution < 1.29 is 9.47 Å². The Labute approximate surface area is 109 Å². The summed E-state index contributed by atoms with van der Waals surface area (Å²) >= 11 is 0. The Kier molecular flexibility index (Phi) is 5.02. The number of rotatable bonds is 6. The van der Waals surface area contributed by atoms with Crippen molar-refractivity contribution in [3.63, 3.8) is 0 Å². The first kappa shape index (κ1) is 13.4. The van der Waals surface area contributed by atoms with Gasteiger partial charge < -0.3 is 14.8 Å². The minimum Gasteiger partial charge on any atom is -0.496 e. The summed E-state index contributed by atoms with van der Waals surface area (Å²) in [7, 11) is 3.73. The van der Waals surface area contributed by atoms with Crippen LogP contribution >= 0.6 is 0 Å². The van der Waals surface area contributed by atoms with E-state index in [1.165, 1.54) is 18.4 Å². The second kappa shape index (κ2) is 6.76. The van der Waals surface area contributed by atoms with Gasteiger partial charge in [-0.2, -0.15) is 0 Å². The average Bonchev–Trinajstić information content (AvgIpc) is 2.93. The fraction of sp³-hybridized carbons (Fsp3) is 0.600. The lowest BCUT2D eigenvalue weighted by Crippen LogP contribution is -2.19. The highest BCUT2D eigenvalue weighted by atomic mass is 16.5. The molecule has 3 nitrogen and oxygen atoms in total. The predicted octanol–water partition coefficient (Wildman–Crippen LogP) is 2.91. The van der Waals surface area contributed by atoms with Gasteiger partial charge in [-0.1, -0.05) is 18.2 Å². The molecule has 0 saturated carbocycles. The van der Waals surface area contributed by atoms with E-state index in [-0.39, 0.29) is 0 Å². The molecule has 1 heterocycles. The third-order valence-corrected chi connectivity index (χ3v) is 3.66. The van der Waals surface area contributed by atoms with Crippen LogP contribution in [-0.4, -0.2) is 26.9 Å². The summed E-state index contributed by atoms with van der Waals surface area (Å²) in [4.78, 5) is 0. The maximum absolute atomic E-state index is 5.68. The lowest BCUT2D eigenvalue weighted by atomic mass is 9.98. The Morgan fingerprint density at radius 1 is 1.44 bits per heavy atom. The van der Waals surface area contributed by atoms with Gasteiger partial charge in [-0.25, -0.2) is 0 Å². The first-order valence-corrected chi connectivity index (χ1v) is 6.77. The van der Waals surface area contributed by atoms with Crippen LogP contribution in [0, 0.1) is 0 Å². The van der Waals surface area contributed by atoms with Gasteiger partial charge in [-0.05, 0) is 38.8 Å². The van der Waals surface area contributed by atoms with Crippen molar-refractivity contribution in [1.29, 1.82) is 0 Å². The predicted molar refractivity (Wildman–Crippen MR) is 73.0 cm³/mol. The number of hydrogen-bond donors (Lipinski definition) is 1. The second-order valence-corrected chi connectivity index (χ2v) is 4.80. The van der Waals surface area contributed by atoms with Crippen molar-refractivity contribution in [1.82, 2.24) is 5.32 Å². The Bertz CT molecular complexity index is 361. The van der Waals surface area contributed by atoms with E-state index in [9.17, 15) is 0 Å². The van der Waals surface area contributed by atoms with Crippen LogP contribution in [0.4, 0.5) is 0 Å². The highest BCUT2D eigenvalue weighted by molar-refractivity contribution is 5.35. The van der Waals surface area contributed by atoms with E-state index in [0.29, 0.717) is 12.1 Å². The van der Waals surface area contributed by atoms with Gasteiger partial charge in [-0.3, -0.25) is 0 Å². The molecule has 1 aromatic carbocycles. The number of nitrogens with one attached hydrogen (secondary N) is 1. The van der Waals surface area contributed by atoms with Crippen molar-refractivity contribution in [2.45, 2.75) is 37.8 Å². The minimum absolute atomic E-state index is 0.338. The molecule has 3 heteroatoms. The summed E-state index contributed by atoms with van der Waals surface area (Å²) < 4.78 is 11.1. The smallest absolute Gasteiger partial charge is 0.123 e. The molecule has 2 rings (SSSR count). The number of para-hydroxylation sites is 1. The molecule has 2 atom stereocenters. The molecule has 1 N–H and O–H groups in total. The molecule has 1 fully saturated rings. The van der Waals surface area contributed by atoms with Crippen LogP contribution in [0.25, 0.3) is 0 Å². The van der Waals surface area contributed by atoms with E-state index in [2.05, 4.69) is 17.4 Å². The van der Waals surface area contributed by atoms with Crippen molar-refractivity contribution >= 4 is 0 Å². The summed E-state index contributed by atoms with van der Waals surface area (Å²) in [5.41, 5.74) is 1.24. The van der Waals surface area contributed by atoms with Crippen LogP contribution in [0.15, 0.2) is 24.3 Å². The molecule has 100 valence electrons. The molecule has 0 spiro atoms. The lowest BCUT2D eigenvalue weighted by molar-refractivity contribution is 0.0997. The van der Waals surface area contributed by atoms with Crippen molar-refractivity contribution in [3.8, 4) is 5.75 Å². The van der Waals surface area contributed by atoms with Crippen molar-refractivity contribution in [2.24, 2.45) is 0 Å². The second-order valence-electron chi connectivity index (χ2n) is 4.80. The van der Waals surface area contributed by atoms with E-state index >= 15 is 0 Å². The summed E-state index contributed by atoms with van der Waals surface area (Å²) in [6.07, 6.45) is 5.08. The van der Waals surface area contributed by atoms with Gasteiger partial charge >= 0.3 is 0 Å². The molecule has 1 aliphatic heterocycles. The Morgan fingerprint density at radius 2 is 2.28 bits per heavy atom. The van der Waals surface area contributed by atoms with Crippen LogP contribution in [0.1, 0.15) is 37.3 Å². The van der Waals surface area contributed by atoms with Gasteiger partial charge in [0.1, 0.15) is 5.75 Å². The molecule has 0 radical (unpaired) electrons. The summed E-state index contributed by atoms with van der Waals surface area (Å²) in [6, 6.07) is 8.57. The molecule has 0 amide bonds. The van der Waals surface area contributed by atoms with Crippen LogP contribution < -0.4 is 10.1 Å². The quantitative estimate of drug-likeness (QED) is 0.841. The highest BCUT2D eigenvalue weighted by Gasteiger charge is 2.19. The van der Waals surface area contributed by atoms with E-state index in [1.807, 2.05) is 19.2 Å².